The molecule has 3 rings (SSSR count). The molecule has 1 aromatic rings. The summed E-state index contributed by atoms with van der Waals surface area (Å²) in [6.45, 7) is 5.28. The van der Waals surface area contributed by atoms with E-state index in [2.05, 4.69) is 15.3 Å². The van der Waals surface area contributed by atoms with Crippen LogP contribution in [0.15, 0.2) is 18.5 Å². The van der Waals surface area contributed by atoms with Crippen molar-refractivity contribution in [3.05, 3.63) is 24.0 Å². The monoisotopic (exact) mass is 266 g/mol. The maximum atomic E-state index is 6.13. The second-order valence-corrected chi connectivity index (χ2v) is 4.73. The van der Waals surface area contributed by atoms with Gasteiger partial charge in [-0.1, -0.05) is 0 Å². The molecular formula is C12H15ClN4O. The molecule has 96 valence electrons. The summed E-state index contributed by atoms with van der Waals surface area (Å²) in [4.78, 5) is 6.73. The molecule has 2 aliphatic rings. The standard InChI is InChI=1S/C12H15ClN4O/c1-9-7-15-17(13)11-6-12(14-8-10(9)11)16-2-4-18-5-3-16/h6-8,15H,2-5H2,1H3. The van der Waals surface area contributed by atoms with Crippen molar-refractivity contribution in [3.8, 4) is 0 Å². The minimum Gasteiger partial charge on any atom is -0.378 e. The van der Waals surface area contributed by atoms with E-state index < -0.39 is 0 Å². The van der Waals surface area contributed by atoms with Gasteiger partial charge in [0.2, 0.25) is 0 Å². The first-order valence-electron chi connectivity index (χ1n) is 5.97. The number of hydrogen-bond acceptors (Lipinski definition) is 5. The summed E-state index contributed by atoms with van der Waals surface area (Å²) in [5.41, 5.74) is 6.11. The molecule has 2 aliphatic heterocycles. The van der Waals surface area contributed by atoms with Gasteiger partial charge in [-0.05, 0) is 12.5 Å². The fourth-order valence-corrected chi connectivity index (χ4v) is 2.36. The van der Waals surface area contributed by atoms with E-state index >= 15 is 0 Å². The largest absolute Gasteiger partial charge is 0.378 e. The maximum absolute atomic E-state index is 6.13. The molecule has 1 aromatic heterocycles. The third-order valence-electron chi connectivity index (χ3n) is 3.23. The van der Waals surface area contributed by atoms with Crippen molar-refractivity contribution in [1.29, 1.82) is 0 Å². The molecule has 1 saturated heterocycles. The van der Waals surface area contributed by atoms with Crippen LogP contribution in [0.1, 0.15) is 12.5 Å². The number of aromatic nitrogens is 1. The first-order valence-corrected chi connectivity index (χ1v) is 6.31. The van der Waals surface area contributed by atoms with E-state index in [-0.39, 0.29) is 0 Å². The molecule has 0 unspecified atom stereocenters. The highest BCUT2D eigenvalue weighted by Crippen LogP contribution is 2.32. The van der Waals surface area contributed by atoms with Gasteiger partial charge in [0.1, 0.15) is 5.82 Å². The number of halogens is 1. The van der Waals surface area contributed by atoms with Gasteiger partial charge in [-0.25, -0.2) is 4.98 Å². The van der Waals surface area contributed by atoms with Gasteiger partial charge in [0.15, 0.2) is 0 Å². The second-order valence-electron chi connectivity index (χ2n) is 4.40. The van der Waals surface area contributed by atoms with Crippen LogP contribution in [0.25, 0.3) is 5.57 Å². The van der Waals surface area contributed by atoms with Crippen LogP contribution in [0.5, 0.6) is 0 Å². The molecule has 1 fully saturated rings. The normalized spacial score (nSPS) is 19.1. The average Bonchev–Trinajstić information content (AvgIpc) is 2.44. The molecule has 0 saturated carbocycles. The Hall–Kier alpha value is -1.46. The number of hydrazine groups is 1. The summed E-state index contributed by atoms with van der Waals surface area (Å²) in [7, 11) is 0. The summed E-state index contributed by atoms with van der Waals surface area (Å²) < 4.78 is 6.84. The van der Waals surface area contributed by atoms with E-state index in [0.717, 1.165) is 48.9 Å². The number of hydrogen-bond donors (Lipinski definition) is 1. The Morgan fingerprint density at radius 3 is 2.94 bits per heavy atom. The van der Waals surface area contributed by atoms with Crippen LogP contribution in [-0.4, -0.2) is 31.3 Å². The van der Waals surface area contributed by atoms with Gasteiger partial charge in [-0.15, -0.1) is 0 Å². The molecule has 18 heavy (non-hydrogen) atoms. The van der Waals surface area contributed by atoms with Gasteiger partial charge in [-0.3, -0.25) is 5.43 Å². The third kappa shape index (κ3) is 2.00. The molecule has 0 radical (unpaired) electrons. The Balaban J connectivity index is 1.94. The van der Waals surface area contributed by atoms with Crippen LogP contribution in [0.4, 0.5) is 11.5 Å². The van der Waals surface area contributed by atoms with Crippen LogP contribution in [0.2, 0.25) is 0 Å². The van der Waals surface area contributed by atoms with Crippen LogP contribution in [0.3, 0.4) is 0 Å². The molecule has 0 amide bonds. The topological polar surface area (TPSA) is 40.6 Å². The van der Waals surface area contributed by atoms with Crippen molar-refractivity contribution in [2.45, 2.75) is 6.92 Å². The highest BCUT2D eigenvalue weighted by atomic mass is 35.5. The Bertz CT molecular complexity index is 485. The van der Waals surface area contributed by atoms with Crippen LogP contribution >= 0.6 is 11.8 Å². The SMILES string of the molecule is CC1=CNN(Cl)c2cc(N3CCOCC3)ncc21. The van der Waals surface area contributed by atoms with Crippen LogP contribution in [0, 0.1) is 0 Å². The zero-order chi connectivity index (χ0) is 12.5. The molecule has 0 aromatic carbocycles. The summed E-state index contributed by atoms with van der Waals surface area (Å²) in [6.07, 6.45) is 3.74. The number of ether oxygens (including phenoxy) is 1. The zero-order valence-electron chi connectivity index (χ0n) is 10.2. The average molecular weight is 267 g/mol. The summed E-state index contributed by atoms with van der Waals surface area (Å²) >= 11 is 6.13. The van der Waals surface area contributed by atoms with E-state index in [0.29, 0.717) is 0 Å². The number of pyridine rings is 1. The number of fused-ring (bicyclic) bond motifs is 1. The fraction of sp³-hybridized carbons (Fsp3) is 0.417. The number of nitrogens with one attached hydrogen (secondary N) is 1. The molecule has 0 spiro atoms. The number of anilines is 2. The number of nitrogens with zero attached hydrogens (tertiary/aromatic N) is 3. The van der Waals surface area contributed by atoms with Gasteiger partial charge in [0.05, 0.1) is 18.9 Å². The number of rotatable bonds is 1. The molecule has 5 nitrogen and oxygen atoms in total. The van der Waals surface area contributed by atoms with Gasteiger partial charge in [-0.2, -0.15) is 4.53 Å². The lowest BCUT2D eigenvalue weighted by Gasteiger charge is -2.30. The Labute approximate surface area is 111 Å². The summed E-state index contributed by atoms with van der Waals surface area (Å²) in [5, 5.41) is 0. The zero-order valence-corrected chi connectivity index (χ0v) is 10.9. The maximum Gasteiger partial charge on any atom is 0.130 e. The lowest BCUT2D eigenvalue weighted by molar-refractivity contribution is 0.122. The first-order chi connectivity index (χ1) is 8.75. The predicted octanol–water partition coefficient (Wildman–Crippen LogP) is 1.76. The molecular weight excluding hydrogens is 252 g/mol. The molecule has 0 aliphatic carbocycles. The summed E-state index contributed by atoms with van der Waals surface area (Å²) in [6, 6.07) is 2.01. The molecule has 1 N–H and O–H groups in total. The number of allylic oxidation sites excluding steroid dienone is 1. The van der Waals surface area contributed by atoms with E-state index in [9.17, 15) is 0 Å². The molecule has 3 heterocycles. The predicted molar refractivity (Wildman–Crippen MR) is 72.4 cm³/mol. The van der Waals surface area contributed by atoms with Gasteiger partial charge in [0, 0.05) is 48.9 Å². The Morgan fingerprint density at radius 2 is 2.17 bits per heavy atom. The van der Waals surface area contributed by atoms with E-state index in [1.807, 2.05) is 25.4 Å². The minimum atomic E-state index is 0.751. The van der Waals surface area contributed by atoms with Gasteiger partial charge >= 0.3 is 0 Å². The van der Waals surface area contributed by atoms with Crippen molar-refractivity contribution in [3.63, 3.8) is 0 Å². The van der Waals surface area contributed by atoms with Crippen molar-refractivity contribution in [2.75, 3.05) is 35.7 Å². The third-order valence-corrected chi connectivity index (χ3v) is 3.51. The Morgan fingerprint density at radius 1 is 1.39 bits per heavy atom. The van der Waals surface area contributed by atoms with Crippen LogP contribution < -0.4 is 14.9 Å². The smallest absolute Gasteiger partial charge is 0.130 e. The van der Waals surface area contributed by atoms with E-state index in [1.54, 1.807) is 0 Å². The van der Waals surface area contributed by atoms with Crippen LogP contribution in [-0.2, 0) is 4.74 Å². The van der Waals surface area contributed by atoms with E-state index in [1.165, 1.54) is 4.53 Å². The molecule has 6 heteroatoms. The minimum absolute atomic E-state index is 0.751. The van der Waals surface area contributed by atoms with Crippen molar-refractivity contribution < 1.29 is 4.74 Å². The highest BCUT2D eigenvalue weighted by molar-refractivity contribution is 6.26. The van der Waals surface area contributed by atoms with Crippen molar-refractivity contribution in [2.24, 2.45) is 0 Å². The highest BCUT2D eigenvalue weighted by Gasteiger charge is 2.19. The number of morpholine rings is 1. The van der Waals surface area contributed by atoms with Gasteiger partial charge in [0.25, 0.3) is 0 Å². The van der Waals surface area contributed by atoms with Gasteiger partial charge < -0.3 is 9.64 Å². The fourth-order valence-electron chi connectivity index (χ4n) is 2.17. The quantitative estimate of drug-likeness (QED) is 0.785. The first kappa shape index (κ1) is 11.6. The Kier molecular flexibility index (Phi) is 3.01. The summed E-state index contributed by atoms with van der Waals surface area (Å²) in [5.74, 6) is 0.944. The molecule has 0 bridgehead atoms. The van der Waals surface area contributed by atoms with Crippen molar-refractivity contribution >= 4 is 28.9 Å². The second kappa shape index (κ2) is 4.66. The van der Waals surface area contributed by atoms with Crippen molar-refractivity contribution in [1.82, 2.24) is 10.4 Å². The lowest BCUT2D eigenvalue weighted by atomic mass is 10.1. The molecule has 0 atom stereocenters. The lowest BCUT2D eigenvalue weighted by Crippen LogP contribution is -2.37. The van der Waals surface area contributed by atoms with E-state index in [4.69, 9.17) is 16.5 Å².